The number of furan rings is 1. The minimum absolute atomic E-state index is 0.0669. The highest BCUT2D eigenvalue weighted by atomic mass is 16.3. The summed E-state index contributed by atoms with van der Waals surface area (Å²) in [6, 6.07) is 11.0. The third-order valence-corrected chi connectivity index (χ3v) is 3.01. The first-order chi connectivity index (χ1) is 9.09. The van der Waals surface area contributed by atoms with Gasteiger partial charge in [0, 0.05) is 18.3 Å². The van der Waals surface area contributed by atoms with E-state index in [0.717, 1.165) is 5.56 Å². The summed E-state index contributed by atoms with van der Waals surface area (Å²) in [5.41, 5.74) is 7.56. The molecule has 0 fully saturated rings. The van der Waals surface area contributed by atoms with Gasteiger partial charge >= 0.3 is 0 Å². The molecule has 1 amide bonds. The molecule has 2 N–H and O–H groups in total. The zero-order chi connectivity index (χ0) is 13.8. The normalized spacial score (nSPS) is 10.7. The molecule has 0 atom stereocenters. The van der Waals surface area contributed by atoms with Crippen molar-refractivity contribution in [3.8, 4) is 0 Å². The van der Waals surface area contributed by atoms with Gasteiger partial charge < -0.3 is 15.1 Å². The van der Waals surface area contributed by atoms with Crippen LogP contribution < -0.4 is 5.73 Å². The van der Waals surface area contributed by atoms with Crippen LogP contribution in [-0.2, 0) is 6.54 Å². The molecule has 1 aromatic heterocycles. The maximum absolute atomic E-state index is 12.4. The fourth-order valence-electron chi connectivity index (χ4n) is 1.89. The van der Waals surface area contributed by atoms with E-state index in [-0.39, 0.29) is 11.9 Å². The van der Waals surface area contributed by atoms with Gasteiger partial charge in [-0.2, -0.15) is 0 Å². The number of rotatable bonds is 4. The lowest BCUT2D eigenvalue weighted by Crippen LogP contribution is -2.36. The second-order valence-electron chi connectivity index (χ2n) is 4.70. The molecule has 19 heavy (non-hydrogen) atoms. The molecule has 4 heteroatoms. The van der Waals surface area contributed by atoms with Gasteiger partial charge in [0.15, 0.2) is 5.76 Å². The summed E-state index contributed by atoms with van der Waals surface area (Å²) >= 11 is 0. The molecular weight excluding hydrogens is 240 g/mol. The van der Waals surface area contributed by atoms with E-state index in [1.54, 1.807) is 17.0 Å². The zero-order valence-electron chi connectivity index (χ0n) is 11.2. The number of para-hydroxylation sites is 1. The SMILES string of the molecule is CC(C)N(Cc1ccccc1N)C(=O)c1ccco1. The molecule has 2 aromatic rings. The summed E-state index contributed by atoms with van der Waals surface area (Å²) in [5.74, 6) is 0.228. The van der Waals surface area contributed by atoms with E-state index in [1.165, 1.54) is 6.26 Å². The van der Waals surface area contributed by atoms with Crippen LogP contribution in [0.5, 0.6) is 0 Å². The topological polar surface area (TPSA) is 59.5 Å². The Bertz CT molecular complexity index is 547. The van der Waals surface area contributed by atoms with Crippen molar-refractivity contribution in [2.45, 2.75) is 26.4 Å². The Morgan fingerprint density at radius 2 is 2.00 bits per heavy atom. The predicted octanol–water partition coefficient (Wildman–Crippen LogP) is 2.91. The molecule has 0 bridgehead atoms. The van der Waals surface area contributed by atoms with Crippen molar-refractivity contribution >= 4 is 11.6 Å². The Balaban J connectivity index is 2.22. The van der Waals surface area contributed by atoms with Crippen molar-refractivity contribution in [1.82, 2.24) is 4.90 Å². The number of nitrogen functional groups attached to an aromatic ring is 1. The quantitative estimate of drug-likeness (QED) is 0.858. The van der Waals surface area contributed by atoms with Crippen LogP contribution in [0.25, 0.3) is 0 Å². The van der Waals surface area contributed by atoms with Gasteiger partial charge in [-0.05, 0) is 37.6 Å². The molecule has 0 spiro atoms. The van der Waals surface area contributed by atoms with Crippen LogP contribution in [-0.4, -0.2) is 16.8 Å². The number of benzene rings is 1. The first kappa shape index (κ1) is 13.2. The van der Waals surface area contributed by atoms with Gasteiger partial charge in [0.05, 0.1) is 6.26 Å². The van der Waals surface area contributed by atoms with Gasteiger partial charge in [-0.3, -0.25) is 4.79 Å². The highest BCUT2D eigenvalue weighted by molar-refractivity contribution is 5.91. The van der Waals surface area contributed by atoms with Crippen molar-refractivity contribution in [2.75, 3.05) is 5.73 Å². The van der Waals surface area contributed by atoms with Crippen molar-refractivity contribution < 1.29 is 9.21 Å². The van der Waals surface area contributed by atoms with E-state index in [1.807, 2.05) is 38.1 Å². The van der Waals surface area contributed by atoms with Crippen molar-refractivity contribution in [3.63, 3.8) is 0 Å². The molecule has 4 nitrogen and oxygen atoms in total. The Morgan fingerprint density at radius 3 is 2.58 bits per heavy atom. The van der Waals surface area contributed by atoms with Crippen LogP contribution in [0.4, 0.5) is 5.69 Å². The van der Waals surface area contributed by atoms with Crippen molar-refractivity contribution in [3.05, 3.63) is 54.0 Å². The maximum atomic E-state index is 12.4. The van der Waals surface area contributed by atoms with E-state index in [0.29, 0.717) is 18.0 Å². The number of carbonyl (C=O) groups is 1. The second-order valence-corrected chi connectivity index (χ2v) is 4.70. The number of amides is 1. The molecule has 0 aliphatic heterocycles. The van der Waals surface area contributed by atoms with E-state index >= 15 is 0 Å². The molecule has 0 unspecified atom stereocenters. The van der Waals surface area contributed by atoms with Crippen LogP contribution >= 0.6 is 0 Å². The molecule has 100 valence electrons. The van der Waals surface area contributed by atoms with Crippen molar-refractivity contribution in [1.29, 1.82) is 0 Å². The number of anilines is 1. The van der Waals surface area contributed by atoms with E-state index in [2.05, 4.69) is 0 Å². The predicted molar refractivity (Wildman–Crippen MR) is 74.6 cm³/mol. The summed E-state index contributed by atoms with van der Waals surface area (Å²) in [4.78, 5) is 14.1. The van der Waals surface area contributed by atoms with Gasteiger partial charge in [-0.15, -0.1) is 0 Å². The summed E-state index contributed by atoms with van der Waals surface area (Å²) in [6.45, 7) is 4.42. The average molecular weight is 258 g/mol. The molecule has 0 radical (unpaired) electrons. The first-order valence-electron chi connectivity index (χ1n) is 6.27. The third-order valence-electron chi connectivity index (χ3n) is 3.01. The van der Waals surface area contributed by atoms with Crippen LogP contribution in [0.2, 0.25) is 0 Å². The highest BCUT2D eigenvalue weighted by Crippen LogP contribution is 2.17. The van der Waals surface area contributed by atoms with Gasteiger partial charge in [-0.1, -0.05) is 18.2 Å². The van der Waals surface area contributed by atoms with Crippen LogP contribution in [0, 0.1) is 0 Å². The van der Waals surface area contributed by atoms with Crippen LogP contribution in [0.1, 0.15) is 30.0 Å². The Kier molecular flexibility index (Phi) is 3.90. The lowest BCUT2D eigenvalue weighted by Gasteiger charge is -2.26. The Labute approximate surface area is 112 Å². The van der Waals surface area contributed by atoms with E-state index < -0.39 is 0 Å². The zero-order valence-corrected chi connectivity index (χ0v) is 11.2. The smallest absolute Gasteiger partial charge is 0.290 e. The molecule has 0 saturated heterocycles. The van der Waals surface area contributed by atoms with Gasteiger partial charge in [0.2, 0.25) is 0 Å². The lowest BCUT2D eigenvalue weighted by atomic mass is 10.1. The number of carbonyl (C=O) groups excluding carboxylic acids is 1. The minimum Gasteiger partial charge on any atom is -0.459 e. The van der Waals surface area contributed by atoms with Crippen LogP contribution in [0.15, 0.2) is 47.1 Å². The number of nitrogens with zero attached hydrogens (tertiary/aromatic N) is 1. The molecule has 2 rings (SSSR count). The van der Waals surface area contributed by atoms with Gasteiger partial charge in [-0.25, -0.2) is 0 Å². The number of hydrogen-bond acceptors (Lipinski definition) is 3. The Morgan fingerprint density at radius 1 is 1.26 bits per heavy atom. The largest absolute Gasteiger partial charge is 0.459 e. The summed E-state index contributed by atoms with van der Waals surface area (Å²) in [7, 11) is 0. The fourth-order valence-corrected chi connectivity index (χ4v) is 1.89. The highest BCUT2D eigenvalue weighted by Gasteiger charge is 2.21. The summed E-state index contributed by atoms with van der Waals surface area (Å²) < 4.78 is 5.17. The van der Waals surface area contributed by atoms with Crippen molar-refractivity contribution in [2.24, 2.45) is 0 Å². The maximum Gasteiger partial charge on any atom is 0.290 e. The molecule has 0 saturated carbocycles. The van der Waals surface area contributed by atoms with E-state index in [4.69, 9.17) is 10.2 Å². The van der Waals surface area contributed by atoms with E-state index in [9.17, 15) is 4.79 Å². The lowest BCUT2D eigenvalue weighted by molar-refractivity contribution is 0.0658. The number of hydrogen-bond donors (Lipinski definition) is 1. The molecule has 0 aliphatic rings. The van der Waals surface area contributed by atoms with Gasteiger partial charge in [0.25, 0.3) is 5.91 Å². The molecule has 0 aliphatic carbocycles. The van der Waals surface area contributed by atoms with Crippen LogP contribution in [0.3, 0.4) is 0 Å². The average Bonchev–Trinajstić information content (AvgIpc) is 2.90. The molecular formula is C15H18N2O2. The third kappa shape index (κ3) is 2.96. The molecule has 1 aromatic carbocycles. The summed E-state index contributed by atoms with van der Waals surface area (Å²) in [5, 5.41) is 0. The number of nitrogens with two attached hydrogens (primary N) is 1. The summed E-state index contributed by atoms with van der Waals surface area (Å²) in [6.07, 6.45) is 1.50. The Hall–Kier alpha value is -2.23. The molecule has 1 heterocycles. The van der Waals surface area contributed by atoms with Gasteiger partial charge in [0.1, 0.15) is 0 Å². The second kappa shape index (κ2) is 5.61. The minimum atomic E-state index is -0.122. The standard InChI is InChI=1S/C15H18N2O2/c1-11(2)17(15(18)14-8-5-9-19-14)10-12-6-3-4-7-13(12)16/h3-9,11H,10,16H2,1-2H3. The monoisotopic (exact) mass is 258 g/mol. The first-order valence-corrected chi connectivity index (χ1v) is 6.27. The fraction of sp³-hybridized carbons (Fsp3) is 0.267.